The molecule has 0 amide bonds. The summed E-state index contributed by atoms with van der Waals surface area (Å²) in [7, 11) is 2.55. The number of rotatable bonds is 5. The summed E-state index contributed by atoms with van der Waals surface area (Å²) in [6, 6.07) is 0. The Bertz CT molecular complexity index is 184. The van der Waals surface area contributed by atoms with Crippen LogP contribution < -0.4 is 0 Å². The van der Waals surface area contributed by atoms with Gasteiger partial charge in [0.25, 0.3) is 0 Å². The second kappa shape index (κ2) is 6.40. The van der Waals surface area contributed by atoms with Crippen molar-refractivity contribution in [3.8, 4) is 0 Å². The van der Waals surface area contributed by atoms with Gasteiger partial charge in [-0.1, -0.05) is 20.3 Å². The number of carbonyl (C=O) groups is 2. The van der Waals surface area contributed by atoms with Crippen LogP contribution in [0.1, 0.15) is 26.7 Å². The number of ether oxygens (including phenoxy) is 2. The molecule has 0 aromatic carbocycles. The molecule has 4 nitrogen and oxygen atoms in total. The van der Waals surface area contributed by atoms with Crippen molar-refractivity contribution in [2.24, 2.45) is 11.8 Å². The summed E-state index contributed by atoms with van der Waals surface area (Å²) in [6.45, 7) is 4.00. The minimum atomic E-state index is -0.778. The molecule has 0 aliphatic carbocycles. The predicted octanol–water partition coefficient (Wildman–Crippen LogP) is 1.38. The molecular formula is C10H18O4. The average Bonchev–Trinajstić information content (AvgIpc) is 2.23. The number of carbonyl (C=O) groups excluding carboxylic acids is 2. The number of hydrogen-bond acceptors (Lipinski definition) is 4. The molecule has 0 spiro atoms. The first-order valence-electron chi connectivity index (χ1n) is 4.72. The lowest BCUT2D eigenvalue weighted by Crippen LogP contribution is -2.28. The fourth-order valence-electron chi connectivity index (χ4n) is 1.14. The monoisotopic (exact) mass is 202 g/mol. The molecule has 0 saturated carbocycles. The molecule has 0 aliphatic heterocycles. The Morgan fingerprint density at radius 3 is 1.86 bits per heavy atom. The Morgan fingerprint density at radius 2 is 1.57 bits per heavy atom. The zero-order valence-corrected chi connectivity index (χ0v) is 9.20. The van der Waals surface area contributed by atoms with Crippen LogP contribution in [-0.2, 0) is 19.1 Å². The van der Waals surface area contributed by atoms with Crippen molar-refractivity contribution >= 4 is 11.9 Å². The summed E-state index contributed by atoms with van der Waals surface area (Å²) >= 11 is 0. The van der Waals surface area contributed by atoms with Crippen molar-refractivity contribution in [2.75, 3.05) is 14.2 Å². The van der Waals surface area contributed by atoms with Crippen molar-refractivity contribution in [1.82, 2.24) is 0 Å². The first-order valence-corrected chi connectivity index (χ1v) is 4.72. The third-order valence-corrected chi connectivity index (χ3v) is 2.31. The Kier molecular flexibility index (Phi) is 5.92. The highest BCUT2D eigenvalue weighted by Crippen LogP contribution is 2.17. The van der Waals surface area contributed by atoms with E-state index in [0.717, 1.165) is 6.42 Å². The standard InChI is InChI=1S/C10H18O4/c1-5-7(2)6-8(9(11)13-3)10(12)14-4/h7-8H,5-6H2,1-4H3/t7-/m1/s1. The Hall–Kier alpha value is -1.06. The van der Waals surface area contributed by atoms with E-state index in [1.165, 1.54) is 14.2 Å². The molecule has 0 aromatic heterocycles. The minimum absolute atomic E-state index is 0.304. The maximum absolute atomic E-state index is 11.2. The van der Waals surface area contributed by atoms with Crippen LogP contribution in [0, 0.1) is 11.8 Å². The normalized spacial score (nSPS) is 12.4. The third kappa shape index (κ3) is 3.77. The number of esters is 2. The van der Waals surface area contributed by atoms with Crippen molar-refractivity contribution < 1.29 is 19.1 Å². The lowest BCUT2D eigenvalue weighted by atomic mass is 9.94. The van der Waals surface area contributed by atoms with Gasteiger partial charge in [-0.3, -0.25) is 9.59 Å². The lowest BCUT2D eigenvalue weighted by Gasteiger charge is -2.15. The molecule has 0 saturated heterocycles. The molecule has 14 heavy (non-hydrogen) atoms. The molecule has 0 unspecified atom stereocenters. The summed E-state index contributed by atoms with van der Waals surface area (Å²) in [5, 5.41) is 0. The van der Waals surface area contributed by atoms with E-state index in [2.05, 4.69) is 9.47 Å². The zero-order valence-electron chi connectivity index (χ0n) is 9.20. The second-order valence-electron chi connectivity index (χ2n) is 3.35. The molecule has 0 N–H and O–H groups in total. The number of methoxy groups -OCH3 is 2. The second-order valence-corrected chi connectivity index (χ2v) is 3.35. The van der Waals surface area contributed by atoms with Crippen molar-refractivity contribution in [3.05, 3.63) is 0 Å². The summed E-state index contributed by atoms with van der Waals surface area (Å²) < 4.78 is 9.08. The van der Waals surface area contributed by atoms with Crippen LogP contribution in [0.5, 0.6) is 0 Å². The van der Waals surface area contributed by atoms with Crippen molar-refractivity contribution in [2.45, 2.75) is 26.7 Å². The minimum Gasteiger partial charge on any atom is -0.468 e. The van der Waals surface area contributed by atoms with Crippen LogP contribution in [0.15, 0.2) is 0 Å². The fourth-order valence-corrected chi connectivity index (χ4v) is 1.14. The molecule has 0 fully saturated rings. The van der Waals surface area contributed by atoms with Gasteiger partial charge >= 0.3 is 11.9 Å². The molecule has 0 bridgehead atoms. The van der Waals surface area contributed by atoms with E-state index in [4.69, 9.17) is 0 Å². The lowest BCUT2D eigenvalue weighted by molar-refractivity contribution is -0.159. The summed E-state index contributed by atoms with van der Waals surface area (Å²) in [4.78, 5) is 22.5. The average molecular weight is 202 g/mol. The van der Waals surface area contributed by atoms with Crippen LogP contribution in [0.3, 0.4) is 0 Å². The molecule has 0 radical (unpaired) electrons. The maximum atomic E-state index is 11.2. The van der Waals surface area contributed by atoms with Gasteiger partial charge in [-0.2, -0.15) is 0 Å². The summed E-state index contributed by atoms with van der Waals surface area (Å²) in [5.74, 6) is -1.51. The van der Waals surface area contributed by atoms with E-state index in [9.17, 15) is 9.59 Å². The highest BCUT2D eigenvalue weighted by atomic mass is 16.5. The fraction of sp³-hybridized carbons (Fsp3) is 0.800. The predicted molar refractivity (Wildman–Crippen MR) is 51.6 cm³/mol. The Labute approximate surface area is 84.6 Å². The van der Waals surface area contributed by atoms with Gasteiger partial charge < -0.3 is 9.47 Å². The van der Waals surface area contributed by atoms with Gasteiger partial charge in [-0.05, 0) is 12.3 Å². The summed E-state index contributed by atoms with van der Waals surface area (Å²) in [6.07, 6.45) is 1.40. The number of hydrogen-bond donors (Lipinski definition) is 0. The van der Waals surface area contributed by atoms with Gasteiger partial charge in [0.2, 0.25) is 0 Å². The maximum Gasteiger partial charge on any atom is 0.320 e. The van der Waals surface area contributed by atoms with Crippen LogP contribution in [-0.4, -0.2) is 26.2 Å². The van der Waals surface area contributed by atoms with E-state index >= 15 is 0 Å². The van der Waals surface area contributed by atoms with Crippen LogP contribution in [0.2, 0.25) is 0 Å². The quantitative estimate of drug-likeness (QED) is 0.499. The van der Waals surface area contributed by atoms with Gasteiger partial charge in [-0.25, -0.2) is 0 Å². The topological polar surface area (TPSA) is 52.6 Å². The van der Waals surface area contributed by atoms with Gasteiger partial charge in [0.05, 0.1) is 14.2 Å². The van der Waals surface area contributed by atoms with Crippen LogP contribution in [0.4, 0.5) is 0 Å². The van der Waals surface area contributed by atoms with Gasteiger partial charge in [0, 0.05) is 0 Å². The molecule has 0 aromatic rings. The smallest absolute Gasteiger partial charge is 0.320 e. The van der Waals surface area contributed by atoms with Crippen LogP contribution in [0.25, 0.3) is 0 Å². The highest BCUT2D eigenvalue weighted by molar-refractivity contribution is 5.94. The zero-order chi connectivity index (χ0) is 11.1. The molecule has 1 atom stereocenters. The first-order chi connectivity index (χ1) is 6.56. The van der Waals surface area contributed by atoms with Gasteiger partial charge in [0.15, 0.2) is 5.92 Å². The van der Waals surface area contributed by atoms with Gasteiger partial charge in [0.1, 0.15) is 0 Å². The molecule has 0 aliphatic rings. The largest absolute Gasteiger partial charge is 0.468 e. The van der Waals surface area contributed by atoms with Crippen LogP contribution >= 0.6 is 0 Å². The van der Waals surface area contributed by atoms with Crippen molar-refractivity contribution in [3.63, 3.8) is 0 Å². The van der Waals surface area contributed by atoms with E-state index in [1.807, 2.05) is 13.8 Å². The Balaban J connectivity index is 4.40. The molecular weight excluding hydrogens is 184 g/mol. The molecule has 0 rings (SSSR count). The third-order valence-electron chi connectivity index (χ3n) is 2.31. The van der Waals surface area contributed by atoms with E-state index in [0.29, 0.717) is 12.3 Å². The van der Waals surface area contributed by atoms with Gasteiger partial charge in [-0.15, -0.1) is 0 Å². The van der Waals surface area contributed by atoms with Crippen molar-refractivity contribution in [1.29, 1.82) is 0 Å². The Morgan fingerprint density at radius 1 is 1.14 bits per heavy atom. The summed E-state index contributed by atoms with van der Waals surface area (Å²) in [5.41, 5.74) is 0. The van der Waals surface area contributed by atoms with E-state index in [-0.39, 0.29) is 0 Å². The molecule has 0 heterocycles. The highest BCUT2D eigenvalue weighted by Gasteiger charge is 2.29. The molecule has 82 valence electrons. The SMILES string of the molecule is CC[C@@H](C)CC(C(=O)OC)C(=O)OC. The van der Waals surface area contributed by atoms with E-state index < -0.39 is 17.9 Å². The van der Waals surface area contributed by atoms with E-state index in [1.54, 1.807) is 0 Å². The molecule has 4 heteroatoms. The first kappa shape index (κ1) is 12.9.